The van der Waals surface area contributed by atoms with Crippen LogP contribution in [0.5, 0.6) is 0 Å². The highest BCUT2D eigenvalue weighted by Crippen LogP contribution is 2.29. The zero-order valence-electron chi connectivity index (χ0n) is 7.85. The molecule has 0 radical (unpaired) electrons. The highest BCUT2D eigenvalue weighted by atomic mass is 16.3. The van der Waals surface area contributed by atoms with Gasteiger partial charge >= 0.3 is 0 Å². The maximum Gasteiger partial charge on any atom is 0.0602 e. The monoisotopic (exact) mass is 177 g/mol. The van der Waals surface area contributed by atoms with Crippen molar-refractivity contribution in [1.29, 1.82) is 0 Å². The average Bonchev–Trinajstić information content (AvgIpc) is 2.78. The standard InChI is InChI=1S/C11H15NO/c1-9-11(8-13)12(9)7-10-5-3-2-4-6-10/h2-6,9,11,13H,7-8H2,1H3/t9-,11+,12?/m0/s1. The molecule has 1 aliphatic heterocycles. The van der Waals surface area contributed by atoms with Gasteiger partial charge in [-0.05, 0) is 12.5 Å². The van der Waals surface area contributed by atoms with Gasteiger partial charge in [-0.25, -0.2) is 0 Å². The number of aliphatic hydroxyl groups is 1. The number of rotatable bonds is 3. The Kier molecular flexibility index (Phi) is 2.34. The highest BCUT2D eigenvalue weighted by molar-refractivity contribution is 5.16. The Morgan fingerprint density at radius 3 is 2.54 bits per heavy atom. The number of nitrogens with zero attached hydrogens (tertiary/aromatic N) is 1. The molecule has 0 aliphatic carbocycles. The van der Waals surface area contributed by atoms with Gasteiger partial charge in [0.05, 0.1) is 6.61 Å². The molecule has 2 rings (SSSR count). The van der Waals surface area contributed by atoms with Crippen molar-refractivity contribution in [2.45, 2.75) is 25.6 Å². The van der Waals surface area contributed by atoms with E-state index in [0.717, 1.165) is 6.54 Å². The van der Waals surface area contributed by atoms with Gasteiger partial charge in [0.25, 0.3) is 0 Å². The second-order valence-corrected chi connectivity index (χ2v) is 3.65. The van der Waals surface area contributed by atoms with E-state index in [1.807, 2.05) is 6.07 Å². The van der Waals surface area contributed by atoms with Crippen LogP contribution in [-0.4, -0.2) is 28.7 Å². The summed E-state index contributed by atoms with van der Waals surface area (Å²) in [4.78, 5) is 2.30. The summed E-state index contributed by atoms with van der Waals surface area (Å²) in [5.41, 5.74) is 1.32. The summed E-state index contributed by atoms with van der Waals surface area (Å²) in [5.74, 6) is 0. The molecule has 0 bridgehead atoms. The van der Waals surface area contributed by atoms with Crippen LogP contribution < -0.4 is 0 Å². The number of aliphatic hydroxyl groups excluding tert-OH is 1. The Labute approximate surface area is 78.8 Å². The summed E-state index contributed by atoms with van der Waals surface area (Å²) >= 11 is 0. The molecule has 3 atom stereocenters. The molecule has 0 amide bonds. The first kappa shape index (κ1) is 8.73. The van der Waals surface area contributed by atoms with E-state index in [1.54, 1.807) is 0 Å². The summed E-state index contributed by atoms with van der Waals surface area (Å²) in [6, 6.07) is 11.3. The summed E-state index contributed by atoms with van der Waals surface area (Å²) in [6.07, 6.45) is 0. The lowest BCUT2D eigenvalue weighted by Gasteiger charge is -2.02. The molecule has 0 saturated carbocycles. The molecule has 2 nitrogen and oxygen atoms in total. The quantitative estimate of drug-likeness (QED) is 0.702. The molecule has 1 saturated heterocycles. The van der Waals surface area contributed by atoms with Crippen LogP contribution in [0.1, 0.15) is 12.5 Å². The van der Waals surface area contributed by atoms with Crippen molar-refractivity contribution in [2.75, 3.05) is 6.61 Å². The molecule has 1 aromatic rings. The van der Waals surface area contributed by atoms with E-state index in [2.05, 4.69) is 36.1 Å². The third-order valence-corrected chi connectivity index (χ3v) is 2.81. The van der Waals surface area contributed by atoms with Crippen LogP contribution in [0.4, 0.5) is 0 Å². The van der Waals surface area contributed by atoms with E-state index >= 15 is 0 Å². The van der Waals surface area contributed by atoms with E-state index in [1.165, 1.54) is 5.56 Å². The van der Waals surface area contributed by atoms with Crippen LogP contribution in [0.3, 0.4) is 0 Å². The predicted molar refractivity (Wildman–Crippen MR) is 52.3 cm³/mol. The minimum absolute atomic E-state index is 0.286. The van der Waals surface area contributed by atoms with Crippen LogP contribution in [0, 0.1) is 0 Å². The molecule has 2 heteroatoms. The molecule has 13 heavy (non-hydrogen) atoms. The van der Waals surface area contributed by atoms with E-state index in [4.69, 9.17) is 5.11 Å². The largest absolute Gasteiger partial charge is 0.395 e. The first-order valence-corrected chi connectivity index (χ1v) is 4.73. The lowest BCUT2D eigenvalue weighted by Crippen LogP contribution is -2.04. The minimum Gasteiger partial charge on any atom is -0.395 e. The van der Waals surface area contributed by atoms with E-state index in [0.29, 0.717) is 12.1 Å². The van der Waals surface area contributed by atoms with Crippen LogP contribution in [-0.2, 0) is 6.54 Å². The third-order valence-electron chi connectivity index (χ3n) is 2.81. The van der Waals surface area contributed by atoms with E-state index in [-0.39, 0.29) is 6.61 Å². The molecule has 0 aromatic heterocycles. The fourth-order valence-corrected chi connectivity index (χ4v) is 1.79. The lowest BCUT2D eigenvalue weighted by atomic mass is 10.2. The Morgan fingerprint density at radius 1 is 1.31 bits per heavy atom. The van der Waals surface area contributed by atoms with Gasteiger partial charge in [0.15, 0.2) is 0 Å². The average molecular weight is 177 g/mol. The SMILES string of the molecule is C[C@H]1[C@@H](CO)N1Cc1ccccc1. The zero-order chi connectivity index (χ0) is 9.26. The van der Waals surface area contributed by atoms with Crippen LogP contribution in [0.2, 0.25) is 0 Å². The Bertz CT molecular complexity index is 273. The van der Waals surface area contributed by atoms with Crippen molar-refractivity contribution in [3.63, 3.8) is 0 Å². The minimum atomic E-state index is 0.286. The van der Waals surface area contributed by atoms with E-state index in [9.17, 15) is 0 Å². The second kappa shape index (κ2) is 3.48. The fourth-order valence-electron chi connectivity index (χ4n) is 1.79. The Hall–Kier alpha value is -0.860. The first-order valence-electron chi connectivity index (χ1n) is 4.73. The summed E-state index contributed by atoms with van der Waals surface area (Å²) in [6.45, 7) is 3.41. The molecule has 1 aliphatic rings. The molecule has 1 fully saturated rings. The van der Waals surface area contributed by atoms with Crippen LogP contribution >= 0.6 is 0 Å². The van der Waals surface area contributed by atoms with Gasteiger partial charge in [-0.15, -0.1) is 0 Å². The molecular weight excluding hydrogens is 162 g/mol. The van der Waals surface area contributed by atoms with Crippen LogP contribution in [0.15, 0.2) is 30.3 Å². The first-order chi connectivity index (χ1) is 6.33. The molecular formula is C11H15NO. The van der Waals surface area contributed by atoms with Crippen LogP contribution in [0.25, 0.3) is 0 Å². The van der Waals surface area contributed by atoms with Gasteiger partial charge in [0.2, 0.25) is 0 Å². The van der Waals surface area contributed by atoms with Crippen molar-refractivity contribution >= 4 is 0 Å². The maximum absolute atomic E-state index is 8.98. The Balaban J connectivity index is 1.94. The normalized spacial score (nSPS) is 31.7. The number of benzene rings is 1. The smallest absolute Gasteiger partial charge is 0.0602 e. The van der Waals surface area contributed by atoms with Gasteiger partial charge in [0.1, 0.15) is 0 Å². The number of hydrogen-bond acceptors (Lipinski definition) is 2. The van der Waals surface area contributed by atoms with Gasteiger partial charge in [-0.1, -0.05) is 30.3 Å². The maximum atomic E-state index is 8.98. The molecule has 1 aromatic carbocycles. The number of hydrogen-bond donors (Lipinski definition) is 1. The highest BCUT2D eigenvalue weighted by Gasteiger charge is 2.42. The summed E-state index contributed by atoms with van der Waals surface area (Å²) in [5, 5.41) is 8.98. The lowest BCUT2D eigenvalue weighted by molar-refractivity contribution is 0.272. The molecule has 70 valence electrons. The van der Waals surface area contributed by atoms with Crippen molar-refractivity contribution in [3.05, 3.63) is 35.9 Å². The van der Waals surface area contributed by atoms with Gasteiger partial charge in [-0.2, -0.15) is 0 Å². The topological polar surface area (TPSA) is 23.2 Å². The third kappa shape index (κ3) is 1.74. The van der Waals surface area contributed by atoms with Crippen molar-refractivity contribution in [2.24, 2.45) is 0 Å². The van der Waals surface area contributed by atoms with E-state index < -0.39 is 0 Å². The van der Waals surface area contributed by atoms with Crippen molar-refractivity contribution < 1.29 is 5.11 Å². The Morgan fingerprint density at radius 2 is 2.00 bits per heavy atom. The fraction of sp³-hybridized carbons (Fsp3) is 0.455. The van der Waals surface area contributed by atoms with Crippen molar-refractivity contribution in [3.8, 4) is 0 Å². The van der Waals surface area contributed by atoms with Crippen molar-refractivity contribution in [1.82, 2.24) is 4.90 Å². The summed E-state index contributed by atoms with van der Waals surface area (Å²) < 4.78 is 0. The van der Waals surface area contributed by atoms with Gasteiger partial charge in [0, 0.05) is 18.6 Å². The van der Waals surface area contributed by atoms with Gasteiger partial charge < -0.3 is 5.11 Å². The summed E-state index contributed by atoms with van der Waals surface area (Å²) in [7, 11) is 0. The second-order valence-electron chi connectivity index (χ2n) is 3.65. The molecule has 0 spiro atoms. The zero-order valence-corrected chi connectivity index (χ0v) is 7.85. The van der Waals surface area contributed by atoms with Gasteiger partial charge in [-0.3, -0.25) is 4.90 Å². The molecule has 1 unspecified atom stereocenters. The molecule has 1 heterocycles. The predicted octanol–water partition coefficient (Wildman–Crippen LogP) is 1.25. The molecule has 1 N–H and O–H groups in total.